The molecular weight excluding hydrogens is 335 g/mol. The van der Waals surface area contributed by atoms with Crippen molar-refractivity contribution in [2.75, 3.05) is 5.32 Å². The largest absolute Gasteiger partial charge is 0.573 e. The number of aromatic nitrogens is 2. The van der Waals surface area contributed by atoms with Gasteiger partial charge in [-0.25, -0.2) is 0 Å². The second-order valence-electron chi connectivity index (χ2n) is 3.06. The summed E-state index contributed by atoms with van der Waals surface area (Å²) in [6, 6.07) is 5.48. The molecule has 9 heteroatoms. The first-order chi connectivity index (χ1) is 8.42. The van der Waals surface area contributed by atoms with Gasteiger partial charge in [0.15, 0.2) is 3.92 Å². The van der Waals surface area contributed by atoms with Crippen LogP contribution in [0, 0.1) is 0 Å². The fourth-order valence-electron chi connectivity index (χ4n) is 1.15. The van der Waals surface area contributed by atoms with Crippen LogP contribution in [0.25, 0.3) is 0 Å². The number of hydrogen-bond donors (Lipinski definition) is 1. The minimum atomic E-state index is -4.70. The summed E-state index contributed by atoms with van der Waals surface area (Å²) in [5, 5.41) is 10.8. The number of nitrogens with zero attached hydrogens (tertiary/aromatic N) is 2. The highest BCUT2D eigenvalue weighted by molar-refractivity contribution is 9.11. The predicted octanol–water partition coefficient (Wildman–Crippen LogP) is 3.94. The molecule has 1 N–H and O–H groups in total. The molecule has 0 aliphatic heterocycles. The lowest BCUT2D eigenvalue weighted by atomic mass is 10.3. The summed E-state index contributed by atoms with van der Waals surface area (Å²) in [6.07, 6.45) is -4.70. The molecule has 1 aromatic heterocycles. The molecule has 4 nitrogen and oxygen atoms in total. The molecule has 1 aromatic carbocycles. The molecule has 0 radical (unpaired) electrons. The maximum atomic E-state index is 12.0. The Morgan fingerprint density at radius 1 is 1.28 bits per heavy atom. The summed E-state index contributed by atoms with van der Waals surface area (Å²) in [6.45, 7) is 0. The van der Waals surface area contributed by atoms with E-state index in [4.69, 9.17) is 0 Å². The first kappa shape index (κ1) is 13.1. The molecule has 0 fully saturated rings. The van der Waals surface area contributed by atoms with Crippen LogP contribution in [0.1, 0.15) is 0 Å². The molecule has 0 aliphatic carbocycles. The average molecular weight is 340 g/mol. The minimum absolute atomic E-state index is 0.295. The lowest BCUT2D eigenvalue weighted by molar-refractivity contribution is -0.274. The SMILES string of the molecule is FC(F)(F)Oc1cccc(Nc2nnc(Br)s2)c1. The Morgan fingerprint density at radius 2 is 2.06 bits per heavy atom. The number of benzene rings is 1. The van der Waals surface area contributed by atoms with Gasteiger partial charge in [0.05, 0.1) is 0 Å². The minimum Gasteiger partial charge on any atom is -0.406 e. The second kappa shape index (κ2) is 5.11. The van der Waals surface area contributed by atoms with Crippen LogP contribution in [0.4, 0.5) is 24.0 Å². The average Bonchev–Trinajstić information content (AvgIpc) is 2.62. The van der Waals surface area contributed by atoms with E-state index in [1.807, 2.05) is 0 Å². The van der Waals surface area contributed by atoms with Crippen LogP contribution in [-0.4, -0.2) is 16.6 Å². The van der Waals surface area contributed by atoms with Gasteiger partial charge in [-0.2, -0.15) is 0 Å². The monoisotopic (exact) mass is 339 g/mol. The predicted molar refractivity (Wildman–Crippen MR) is 64.0 cm³/mol. The van der Waals surface area contributed by atoms with Gasteiger partial charge < -0.3 is 10.1 Å². The molecule has 0 atom stereocenters. The van der Waals surface area contributed by atoms with E-state index in [0.717, 1.165) is 0 Å². The molecule has 0 aliphatic rings. The molecular formula is C9H5BrF3N3OS. The maximum absolute atomic E-state index is 12.0. The molecule has 0 saturated heterocycles. The van der Waals surface area contributed by atoms with Crippen LogP contribution in [0.15, 0.2) is 28.2 Å². The van der Waals surface area contributed by atoms with Gasteiger partial charge in [-0.3, -0.25) is 0 Å². The summed E-state index contributed by atoms with van der Waals surface area (Å²) in [4.78, 5) is 0. The highest BCUT2D eigenvalue weighted by Crippen LogP contribution is 2.28. The van der Waals surface area contributed by atoms with Crippen molar-refractivity contribution < 1.29 is 17.9 Å². The topological polar surface area (TPSA) is 47.0 Å². The molecule has 0 unspecified atom stereocenters. The molecule has 0 amide bonds. The van der Waals surface area contributed by atoms with E-state index in [-0.39, 0.29) is 5.75 Å². The molecule has 18 heavy (non-hydrogen) atoms. The zero-order chi connectivity index (χ0) is 13.2. The van der Waals surface area contributed by atoms with Crippen molar-refractivity contribution in [1.29, 1.82) is 0 Å². The van der Waals surface area contributed by atoms with Crippen molar-refractivity contribution in [2.45, 2.75) is 6.36 Å². The number of nitrogens with one attached hydrogen (secondary N) is 1. The lowest BCUT2D eigenvalue weighted by Crippen LogP contribution is -2.17. The second-order valence-corrected chi connectivity index (χ2v) is 5.31. The van der Waals surface area contributed by atoms with Crippen LogP contribution in [0.5, 0.6) is 5.75 Å². The molecule has 0 saturated carbocycles. The molecule has 96 valence electrons. The number of halogens is 4. The maximum Gasteiger partial charge on any atom is 0.573 e. The molecule has 0 bridgehead atoms. The summed E-state index contributed by atoms with van der Waals surface area (Å²) < 4.78 is 40.5. The van der Waals surface area contributed by atoms with Gasteiger partial charge in [0.25, 0.3) is 0 Å². The quantitative estimate of drug-likeness (QED) is 0.919. The van der Waals surface area contributed by atoms with Gasteiger partial charge in [-0.15, -0.1) is 23.4 Å². The van der Waals surface area contributed by atoms with Gasteiger partial charge in [0.1, 0.15) is 5.75 Å². The summed E-state index contributed by atoms with van der Waals surface area (Å²) in [5.74, 6) is -0.295. The molecule has 0 spiro atoms. The van der Waals surface area contributed by atoms with Crippen LogP contribution in [0.2, 0.25) is 0 Å². The van der Waals surface area contributed by atoms with E-state index in [0.29, 0.717) is 14.7 Å². The third-order valence-electron chi connectivity index (χ3n) is 1.72. The van der Waals surface area contributed by atoms with Crippen molar-refractivity contribution in [3.63, 3.8) is 0 Å². The van der Waals surface area contributed by atoms with E-state index in [1.54, 1.807) is 6.07 Å². The van der Waals surface area contributed by atoms with Crippen LogP contribution < -0.4 is 10.1 Å². The van der Waals surface area contributed by atoms with Crippen molar-refractivity contribution in [1.82, 2.24) is 10.2 Å². The Morgan fingerprint density at radius 3 is 2.67 bits per heavy atom. The Bertz CT molecular complexity index is 546. The fraction of sp³-hybridized carbons (Fsp3) is 0.111. The van der Waals surface area contributed by atoms with E-state index in [9.17, 15) is 13.2 Å². The third-order valence-corrected chi connectivity index (χ3v) is 2.99. The summed E-state index contributed by atoms with van der Waals surface area (Å²) in [7, 11) is 0. The standard InChI is InChI=1S/C9H5BrF3N3OS/c10-7-15-16-8(18-7)14-5-2-1-3-6(4-5)17-9(11,12)13/h1-4H,(H,14,16). The fourth-order valence-corrected chi connectivity index (χ4v) is 2.18. The Kier molecular flexibility index (Phi) is 3.71. The van der Waals surface area contributed by atoms with Gasteiger partial charge in [0, 0.05) is 11.8 Å². The van der Waals surface area contributed by atoms with Gasteiger partial charge in [-0.1, -0.05) is 17.4 Å². The van der Waals surface area contributed by atoms with Gasteiger partial charge in [0.2, 0.25) is 5.13 Å². The number of alkyl halides is 3. The zero-order valence-corrected chi connectivity index (χ0v) is 10.9. The third kappa shape index (κ3) is 3.84. The molecule has 1 heterocycles. The number of ether oxygens (including phenoxy) is 1. The molecule has 2 aromatic rings. The van der Waals surface area contributed by atoms with Crippen LogP contribution in [-0.2, 0) is 0 Å². The first-order valence-corrected chi connectivity index (χ1v) is 6.15. The Hall–Kier alpha value is -1.35. The normalized spacial score (nSPS) is 11.3. The highest BCUT2D eigenvalue weighted by Gasteiger charge is 2.31. The number of anilines is 2. The Labute approximate surface area is 112 Å². The van der Waals surface area contributed by atoms with Crippen LogP contribution >= 0.6 is 27.3 Å². The van der Waals surface area contributed by atoms with Gasteiger partial charge >= 0.3 is 6.36 Å². The number of hydrogen-bond acceptors (Lipinski definition) is 5. The van der Waals surface area contributed by atoms with Crippen molar-refractivity contribution in [2.24, 2.45) is 0 Å². The van der Waals surface area contributed by atoms with Gasteiger partial charge in [-0.05, 0) is 28.1 Å². The smallest absolute Gasteiger partial charge is 0.406 e. The van der Waals surface area contributed by atoms with Crippen molar-refractivity contribution >= 4 is 38.1 Å². The first-order valence-electron chi connectivity index (χ1n) is 4.54. The van der Waals surface area contributed by atoms with E-state index in [1.165, 1.54) is 29.5 Å². The Balaban J connectivity index is 2.12. The summed E-state index contributed by atoms with van der Waals surface area (Å²) >= 11 is 4.35. The van der Waals surface area contributed by atoms with E-state index in [2.05, 4.69) is 36.2 Å². The van der Waals surface area contributed by atoms with E-state index < -0.39 is 6.36 Å². The van der Waals surface area contributed by atoms with Crippen molar-refractivity contribution in [3.8, 4) is 5.75 Å². The molecule has 2 rings (SSSR count). The summed E-state index contributed by atoms with van der Waals surface area (Å²) in [5.41, 5.74) is 0.431. The zero-order valence-electron chi connectivity index (χ0n) is 8.53. The van der Waals surface area contributed by atoms with E-state index >= 15 is 0 Å². The lowest BCUT2D eigenvalue weighted by Gasteiger charge is -2.09. The highest BCUT2D eigenvalue weighted by atomic mass is 79.9. The van der Waals surface area contributed by atoms with Crippen LogP contribution in [0.3, 0.4) is 0 Å². The van der Waals surface area contributed by atoms with Crippen molar-refractivity contribution in [3.05, 3.63) is 28.2 Å². The number of rotatable bonds is 3.